The van der Waals surface area contributed by atoms with Crippen LogP contribution in [0.15, 0.2) is 51.9 Å². The van der Waals surface area contributed by atoms with Crippen LogP contribution in [0.2, 0.25) is 0 Å². The summed E-state index contributed by atoms with van der Waals surface area (Å²) in [5.74, 6) is 0. The van der Waals surface area contributed by atoms with Crippen molar-refractivity contribution in [1.82, 2.24) is 0 Å². The number of amides is 2. The number of urea groups is 1. The number of nitrogens with zero attached hydrogens (tertiary/aromatic N) is 1. The first kappa shape index (κ1) is 15.0. The van der Waals surface area contributed by atoms with E-state index >= 15 is 0 Å². The Morgan fingerprint density at radius 3 is 2.38 bits per heavy atom. The van der Waals surface area contributed by atoms with Crippen LogP contribution in [-0.2, 0) is 4.79 Å². The smallest absolute Gasteiger partial charge is 0.308 e. The molecule has 0 unspecified atom stereocenters. The van der Waals surface area contributed by atoms with Crippen LogP contribution in [0.4, 0.5) is 21.9 Å². The van der Waals surface area contributed by atoms with Crippen LogP contribution in [0, 0.1) is 6.92 Å². The molecule has 21 heavy (non-hydrogen) atoms. The topological polar surface area (TPSA) is 70.6 Å². The largest absolute Gasteiger partial charge is 0.323 e. The number of aliphatic imine (C=N–C) groups is 1. The van der Waals surface area contributed by atoms with E-state index in [1.54, 1.807) is 30.3 Å². The van der Waals surface area contributed by atoms with Crippen molar-refractivity contribution in [2.24, 2.45) is 4.99 Å². The zero-order valence-electron chi connectivity index (χ0n) is 11.2. The minimum Gasteiger partial charge on any atom is -0.308 e. The molecule has 2 aromatic carbocycles. The van der Waals surface area contributed by atoms with Gasteiger partial charge in [-0.25, -0.2) is 9.59 Å². The van der Waals surface area contributed by atoms with E-state index in [0.29, 0.717) is 17.1 Å². The number of isocyanates is 1. The second-order valence-electron chi connectivity index (χ2n) is 4.29. The van der Waals surface area contributed by atoms with Crippen LogP contribution < -0.4 is 10.6 Å². The lowest BCUT2D eigenvalue weighted by atomic mass is 10.2. The van der Waals surface area contributed by atoms with Crippen molar-refractivity contribution < 1.29 is 9.59 Å². The van der Waals surface area contributed by atoms with E-state index in [1.807, 2.05) is 19.1 Å². The van der Waals surface area contributed by atoms with Gasteiger partial charge in [0.15, 0.2) is 0 Å². The Bertz CT molecular complexity index is 707. The van der Waals surface area contributed by atoms with E-state index in [4.69, 9.17) is 0 Å². The molecule has 5 nitrogen and oxygen atoms in total. The highest BCUT2D eigenvalue weighted by Crippen LogP contribution is 2.23. The van der Waals surface area contributed by atoms with Gasteiger partial charge in [-0.1, -0.05) is 22.0 Å². The van der Waals surface area contributed by atoms with E-state index < -0.39 is 0 Å². The van der Waals surface area contributed by atoms with Crippen LogP contribution in [0.3, 0.4) is 0 Å². The highest BCUT2D eigenvalue weighted by atomic mass is 79.9. The number of hydrogen-bond donors (Lipinski definition) is 2. The van der Waals surface area contributed by atoms with Gasteiger partial charge < -0.3 is 10.6 Å². The van der Waals surface area contributed by atoms with E-state index in [1.165, 1.54) is 6.08 Å². The first-order chi connectivity index (χ1) is 10.1. The van der Waals surface area contributed by atoms with Gasteiger partial charge in [-0.3, -0.25) is 0 Å². The number of rotatable bonds is 3. The lowest BCUT2D eigenvalue weighted by molar-refractivity contribution is 0.262. The zero-order valence-corrected chi connectivity index (χ0v) is 12.8. The third kappa shape index (κ3) is 4.27. The van der Waals surface area contributed by atoms with Gasteiger partial charge in [-0.15, -0.1) is 0 Å². The summed E-state index contributed by atoms with van der Waals surface area (Å²) in [4.78, 5) is 25.8. The number of halogens is 1. The molecule has 0 aliphatic rings. The molecule has 0 fully saturated rings. The SMILES string of the molecule is Cc1ccc(NC(=O)Nc2ccc(Br)cc2)cc1N=C=O. The summed E-state index contributed by atoms with van der Waals surface area (Å²) in [5.41, 5.74) is 2.53. The maximum atomic E-state index is 11.9. The summed E-state index contributed by atoms with van der Waals surface area (Å²) in [6.45, 7) is 1.82. The van der Waals surface area contributed by atoms with Gasteiger partial charge in [-0.2, -0.15) is 4.99 Å². The fourth-order valence-corrected chi connectivity index (χ4v) is 1.95. The molecule has 0 aliphatic heterocycles. The van der Waals surface area contributed by atoms with Crippen molar-refractivity contribution in [2.45, 2.75) is 6.92 Å². The van der Waals surface area contributed by atoms with Crippen molar-refractivity contribution in [3.63, 3.8) is 0 Å². The molecule has 0 spiro atoms. The molecule has 0 saturated carbocycles. The lowest BCUT2D eigenvalue weighted by Crippen LogP contribution is -2.19. The Balaban J connectivity index is 2.07. The number of hydrogen-bond acceptors (Lipinski definition) is 3. The Kier molecular flexibility index (Phi) is 4.87. The zero-order chi connectivity index (χ0) is 15.2. The van der Waals surface area contributed by atoms with Gasteiger partial charge in [0.25, 0.3) is 0 Å². The van der Waals surface area contributed by atoms with Gasteiger partial charge in [0.1, 0.15) is 0 Å². The van der Waals surface area contributed by atoms with Crippen LogP contribution in [0.25, 0.3) is 0 Å². The van der Waals surface area contributed by atoms with Crippen LogP contribution in [0.5, 0.6) is 0 Å². The Morgan fingerprint density at radius 2 is 1.71 bits per heavy atom. The monoisotopic (exact) mass is 345 g/mol. The fraction of sp³-hybridized carbons (Fsp3) is 0.0667. The molecule has 106 valence electrons. The summed E-state index contributed by atoms with van der Waals surface area (Å²) < 4.78 is 0.934. The molecule has 0 atom stereocenters. The minimum absolute atomic E-state index is 0.373. The van der Waals surface area contributed by atoms with Gasteiger partial charge in [0.05, 0.1) is 5.69 Å². The van der Waals surface area contributed by atoms with Crippen molar-refractivity contribution in [3.05, 3.63) is 52.5 Å². The Hall–Kier alpha value is -2.43. The Labute approximate surface area is 130 Å². The predicted octanol–water partition coefficient (Wildman–Crippen LogP) is 4.37. The van der Waals surface area contributed by atoms with E-state index in [-0.39, 0.29) is 6.03 Å². The highest BCUT2D eigenvalue weighted by molar-refractivity contribution is 9.10. The van der Waals surface area contributed by atoms with E-state index in [2.05, 4.69) is 31.6 Å². The highest BCUT2D eigenvalue weighted by Gasteiger charge is 2.05. The molecule has 0 heterocycles. The van der Waals surface area contributed by atoms with Crippen molar-refractivity contribution in [3.8, 4) is 0 Å². The number of nitrogens with one attached hydrogen (secondary N) is 2. The van der Waals surface area contributed by atoms with Gasteiger partial charge in [0, 0.05) is 15.8 Å². The Morgan fingerprint density at radius 1 is 1.10 bits per heavy atom. The molecule has 0 aliphatic carbocycles. The molecule has 0 aromatic heterocycles. The van der Waals surface area contributed by atoms with E-state index in [9.17, 15) is 9.59 Å². The standard InChI is InChI=1S/C15H12BrN3O2/c1-10-2-5-13(8-14(10)17-9-20)19-15(21)18-12-6-3-11(16)4-7-12/h2-8H,1H3,(H2,18,19,21). The number of carbonyl (C=O) groups is 1. The second kappa shape index (κ2) is 6.83. The molecule has 2 amide bonds. The average molecular weight is 346 g/mol. The van der Waals surface area contributed by atoms with Crippen LogP contribution in [-0.4, -0.2) is 12.1 Å². The van der Waals surface area contributed by atoms with Gasteiger partial charge in [-0.05, 0) is 48.9 Å². The number of aryl methyl sites for hydroxylation is 1. The maximum absolute atomic E-state index is 11.9. The molecule has 0 saturated heterocycles. The summed E-state index contributed by atoms with van der Waals surface area (Å²) in [6, 6.07) is 12.0. The van der Waals surface area contributed by atoms with Crippen LogP contribution in [0.1, 0.15) is 5.56 Å². The quantitative estimate of drug-likeness (QED) is 0.640. The molecular formula is C15H12BrN3O2. The van der Waals surface area contributed by atoms with Crippen molar-refractivity contribution in [2.75, 3.05) is 10.6 Å². The van der Waals surface area contributed by atoms with Crippen molar-refractivity contribution >= 4 is 45.1 Å². The molecule has 0 bridgehead atoms. The van der Waals surface area contributed by atoms with Crippen LogP contribution >= 0.6 is 15.9 Å². The number of anilines is 2. The fourth-order valence-electron chi connectivity index (χ4n) is 1.68. The number of carbonyl (C=O) groups excluding carboxylic acids is 2. The maximum Gasteiger partial charge on any atom is 0.323 e. The predicted molar refractivity (Wildman–Crippen MR) is 85.7 cm³/mol. The first-order valence-electron chi connectivity index (χ1n) is 6.10. The molecule has 2 aromatic rings. The van der Waals surface area contributed by atoms with Gasteiger partial charge >= 0.3 is 6.03 Å². The third-order valence-electron chi connectivity index (χ3n) is 2.74. The summed E-state index contributed by atoms with van der Waals surface area (Å²) in [6.07, 6.45) is 1.49. The molecule has 2 N–H and O–H groups in total. The number of benzene rings is 2. The molecule has 0 radical (unpaired) electrons. The second-order valence-corrected chi connectivity index (χ2v) is 5.21. The normalized spacial score (nSPS) is 9.62. The van der Waals surface area contributed by atoms with Gasteiger partial charge in [0.2, 0.25) is 6.08 Å². The molecule has 2 rings (SSSR count). The summed E-state index contributed by atoms with van der Waals surface area (Å²) in [5, 5.41) is 5.38. The van der Waals surface area contributed by atoms with Crippen molar-refractivity contribution in [1.29, 1.82) is 0 Å². The summed E-state index contributed by atoms with van der Waals surface area (Å²) in [7, 11) is 0. The average Bonchev–Trinajstić information content (AvgIpc) is 2.45. The van der Waals surface area contributed by atoms with E-state index in [0.717, 1.165) is 10.0 Å². The molecular weight excluding hydrogens is 334 g/mol. The first-order valence-corrected chi connectivity index (χ1v) is 6.90. The lowest BCUT2D eigenvalue weighted by Gasteiger charge is -2.09. The third-order valence-corrected chi connectivity index (χ3v) is 3.26. The summed E-state index contributed by atoms with van der Waals surface area (Å²) >= 11 is 3.32. The molecule has 6 heteroatoms. The minimum atomic E-state index is -0.373.